The standard InChI is InChI=1S/C19H16BrIN2O3S/c1-3-26-14-6-4-13(5-7-14)23-18(25)16(22(2)19(23)27)9-11-8-12(20)10-15(21)17(11)24/h4-10,24H,3H2,1-2H3/b16-9-. The Kier molecular flexibility index (Phi) is 6.07. The van der Waals surface area contributed by atoms with Gasteiger partial charge in [-0.2, -0.15) is 0 Å². The van der Waals surface area contributed by atoms with Gasteiger partial charge in [0.2, 0.25) is 0 Å². The summed E-state index contributed by atoms with van der Waals surface area (Å²) in [6.45, 7) is 2.49. The van der Waals surface area contributed by atoms with Gasteiger partial charge in [0.05, 0.1) is 15.9 Å². The number of benzene rings is 2. The van der Waals surface area contributed by atoms with Crippen LogP contribution in [0.5, 0.6) is 11.5 Å². The smallest absolute Gasteiger partial charge is 0.281 e. The van der Waals surface area contributed by atoms with Crippen molar-refractivity contribution >= 4 is 73.5 Å². The predicted octanol–water partition coefficient (Wildman–Crippen LogP) is 4.76. The number of thiocarbonyl (C=S) groups is 1. The van der Waals surface area contributed by atoms with Gasteiger partial charge in [0.25, 0.3) is 5.91 Å². The van der Waals surface area contributed by atoms with E-state index >= 15 is 0 Å². The summed E-state index contributed by atoms with van der Waals surface area (Å²) in [6, 6.07) is 10.8. The van der Waals surface area contributed by atoms with Gasteiger partial charge >= 0.3 is 0 Å². The zero-order valence-corrected chi connectivity index (χ0v) is 19.1. The van der Waals surface area contributed by atoms with E-state index in [-0.39, 0.29) is 11.7 Å². The summed E-state index contributed by atoms with van der Waals surface area (Å²) in [4.78, 5) is 16.1. The maximum absolute atomic E-state index is 13.0. The predicted molar refractivity (Wildman–Crippen MR) is 122 cm³/mol. The molecule has 1 heterocycles. The SMILES string of the molecule is CCOc1ccc(N2C(=O)/C(=C/c3cc(Br)cc(I)c3O)N(C)C2=S)cc1. The lowest BCUT2D eigenvalue weighted by Crippen LogP contribution is -2.31. The molecule has 0 saturated carbocycles. The van der Waals surface area contributed by atoms with Crippen LogP contribution in [0, 0.1) is 3.57 Å². The number of anilines is 1. The number of amides is 1. The molecular formula is C19H16BrIN2O3S. The Bertz CT molecular complexity index is 947. The van der Waals surface area contributed by atoms with Crippen molar-refractivity contribution in [1.82, 2.24) is 4.90 Å². The first-order valence-electron chi connectivity index (χ1n) is 8.08. The molecule has 27 heavy (non-hydrogen) atoms. The molecule has 1 fully saturated rings. The minimum absolute atomic E-state index is 0.123. The Balaban J connectivity index is 1.98. The van der Waals surface area contributed by atoms with Gasteiger partial charge in [-0.15, -0.1) is 0 Å². The fourth-order valence-corrected chi connectivity index (χ4v) is 4.52. The number of hydrogen-bond donors (Lipinski definition) is 1. The molecule has 1 amide bonds. The molecule has 140 valence electrons. The van der Waals surface area contributed by atoms with Gasteiger partial charge < -0.3 is 14.7 Å². The van der Waals surface area contributed by atoms with Gasteiger partial charge in [-0.25, -0.2) is 0 Å². The highest BCUT2D eigenvalue weighted by atomic mass is 127. The molecule has 1 aliphatic heterocycles. The van der Waals surface area contributed by atoms with Crippen molar-refractivity contribution in [1.29, 1.82) is 0 Å². The van der Waals surface area contributed by atoms with Crippen LogP contribution in [-0.4, -0.2) is 34.7 Å². The van der Waals surface area contributed by atoms with Crippen LogP contribution in [0.3, 0.4) is 0 Å². The zero-order valence-electron chi connectivity index (χ0n) is 14.6. The van der Waals surface area contributed by atoms with Crippen molar-refractivity contribution in [3.05, 3.63) is 55.7 Å². The fraction of sp³-hybridized carbons (Fsp3) is 0.158. The average Bonchev–Trinajstić information content (AvgIpc) is 2.84. The summed E-state index contributed by atoms with van der Waals surface area (Å²) in [5.41, 5.74) is 1.59. The summed E-state index contributed by atoms with van der Waals surface area (Å²) in [7, 11) is 1.74. The molecule has 2 aromatic rings. The van der Waals surface area contributed by atoms with E-state index in [1.807, 2.05) is 29.5 Å². The Morgan fingerprint density at radius 3 is 2.59 bits per heavy atom. The molecule has 0 spiro atoms. The summed E-state index contributed by atoms with van der Waals surface area (Å²) in [5.74, 6) is 0.607. The number of phenolic OH excluding ortho intramolecular Hbond substituents is 1. The lowest BCUT2D eigenvalue weighted by atomic mass is 10.1. The molecule has 1 N–H and O–H groups in total. The number of rotatable bonds is 4. The number of phenols is 1. The van der Waals surface area contributed by atoms with Crippen molar-refractivity contribution in [3.8, 4) is 11.5 Å². The number of aromatic hydroxyl groups is 1. The van der Waals surface area contributed by atoms with E-state index in [4.69, 9.17) is 17.0 Å². The van der Waals surface area contributed by atoms with E-state index in [0.29, 0.717) is 32.2 Å². The lowest BCUT2D eigenvalue weighted by molar-refractivity contribution is -0.114. The third kappa shape index (κ3) is 3.97. The van der Waals surface area contributed by atoms with E-state index in [0.717, 1.165) is 10.2 Å². The van der Waals surface area contributed by atoms with E-state index < -0.39 is 0 Å². The van der Waals surface area contributed by atoms with Crippen LogP contribution in [0.25, 0.3) is 6.08 Å². The minimum atomic E-state index is -0.249. The highest BCUT2D eigenvalue weighted by Crippen LogP contribution is 2.33. The Morgan fingerprint density at radius 2 is 1.96 bits per heavy atom. The van der Waals surface area contributed by atoms with Crippen LogP contribution in [-0.2, 0) is 4.79 Å². The molecule has 0 unspecified atom stereocenters. The number of carbonyl (C=O) groups is 1. The van der Waals surface area contributed by atoms with E-state index in [1.165, 1.54) is 4.90 Å². The molecule has 0 bridgehead atoms. The molecule has 0 radical (unpaired) electrons. The molecule has 0 aliphatic carbocycles. The highest BCUT2D eigenvalue weighted by Gasteiger charge is 2.37. The number of hydrogen-bond acceptors (Lipinski definition) is 4. The van der Waals surface area contributed by atoms with Crippen LogP contribution < -0.4 is 9.64 Å². The zero-order chi connectivity index (χ0) is 19.7. The van der Waals surface area contributed by atoms with Crippen molar-refractivity contribution in [3.63, 3.8) is 0 Å². The van der Waals surface area contributed by atoms with Crippen LogP contribution in [0.1, 0.15) is 12.5 Å². The van der Waals surface area contributed by atoms with Crippen LogP contribution in [0.4, 0.5) is 5.69 Å². The molecule has 8 heteroatoms. The Morgan fingerprint density at radius 1 is 1.30 bits per heavy atom. The van der Waals surface area contributed by atoms with Gasteiger partial charge in [-0.1, -0.05) is 15.9 Å². The second-order valence-corrected chi connectivity index (χ2v) is 8.21. The third-order valence-corrected chi connectivity index (χ3v) is 5.75. The molecule has 1 aliphatic rings. The Hall–Kier alpha value is -1.65. The molecular weight excluding hydrogens is 543 g/mol. The Labute approximate surface area is 184 Å². The summed E-state index contributed by atoms with van der Waals surface area (Å²) >= 11 is 10.9. The van der Waals surface area contributed by atoms with Crippen LogP contribution >= 0.6 is 50.7 Å². The fourth-order valence-electron chi connectivity index (χ4n) is 2.69. The quantitative estimate of drug-likeness (QED) is 0.333. The number of likely N-dealkylation sites (N-methyl/N-ethyl adjacent to an activating group) is 1. The second-order valence-electron chi connectivity index (χ2n) is 5.76. The van der Waals surface area contributed by atoms with Crippen molar-refractivity contribution in [2.45, 2.75) is 6.92 Å². The second kappa shape index (κ2) is 8.15. The monoisotopic (exact) mass is 558 g/mol. The maximum atomic E-state index is 13.0. The average molecular weight is 559 g/mol. The molecule has 2 aromatic carbocycles. The first kappa shape index (κ1) is 20.1. The van der Waals surface area contributed by atoms with Gasteiger partial charge in [-0.05, 0) is 84.2 Å². The largest absolute Gasteiger partial charge is 0.506 e. The maximum Gasteiger partial charge on any atom is 0.281 e. The first-order chi connectivity index (χ1) is 12.8. The van der Waals surface area contributed by atoms with Crippen LogP contribution in [0.2, 0.25) is 0 Å². The molecule has 3 rings (SSSR count). The number of ether oxygens (including phenoxy) is 1. The van der Waals surface area contributed by atoms with Gasteiger partial charge in [-0.3, -0.25) is 9.69 Å². The molecule has 1 saturated heterocycles. The van der Waals surface area contributed by atoms with E-state index in [2.05, 4.69) is 15.9 Å². The van der Waals surface area contributed by atoms with Gasteiger partial charge in [0.1, 0.15) is 17.2 Å². The number of carbonyl (C=O) groups excluding carboxylic acids is 1. The van der Waals surface area contributed by atoms with E-state index in [9.17, 15) is 9.90 Å². The molecule has 5 nitrogen and oxygen atoms in total. The third-order valence-electron chi connectivity index (χ3n) is 4.02. The molecule has 0 aromatic heterocycles. The number of nitrogens with zero attached hydrogens (tertiary/aromatic N) is 2. The summed E-state index contributed by atoms with van der Waals surface area (Å²) in [5, 5.41) is 10.7. The van der Waals surface area contributed by atoms with E-state index in [1.54, 1.807) is 54.4 Å². The summed E-state index contributed by atoms with van der Waals surface area (Å²) < 4.78 is 6.95. The number of halogens is 2. The normalized spacial score (nSPS) is 15.8. The highest BCUT2D eigenvalue weighted by molar-refractivity contribution is 14.1. The minimum Gasteiger partial charge on any atom is -0.506 e. The van der Waals surface area contributed by atoms with Crippen molar-refractivity contribution in [2.24, 2.45) is 0 Å². The summed E-state index contributed by atoms with van der Waals surface area (Å²) in [6.07, 6.45) is 1.64. The van der Waals surface area contributed by atoms with Gasteiger partial charge in [0, 0.05) is 17.1 Å². The first-order valence-corrected chi connectivity index (χ1v) is 10.4. The molecule has 0 atom stereocenters. The van der Waals surface area contributed by atoms with Crippen LogP contribution in [0.15, 0.2) is 46.6 Å². The lowest BCUT2D eigenvalue weighted by Gasteiger charge is -2.16. The topological polar surface area (TPSA) is 53.0 Å². The van der Waals surface area contributed by atoms with Gasteiger partial charge in [0.15, 0.2) is 5.11 Å². The van der Waals surface area contributed by atoms with Crippen molar-refractivity contribution in [2.75, 3.05) is 18.6 Å². The van der Waals surface area contributed by atoms with Crippen molar-refractivity contribution < 1.29 is 14.6 Å².